The molecule has 0 heterocycles. The molecule has 2 nitrogen and oxygen atoms in total. The van der Waals surface area contributed by atoms with Crippen molar-refractivity contribution in [3.8, 4) is 0 Å². The Labute approximate surface area is 90.3 Å². The van der Waals surface area contributed by atoms with Crippen molar-refractivity contribution in [3.05, 3.63) is 42.0 Å². The van der Waals surface area contributed by atoms with Crippen LogP contribution in [0.2, 0.25) is 0 Å². The Morgan fingerprint density at radius 2 is 2.00 bits per heavy atom. The highest BCUT2D eigenvalue weighted by Gasteiger charge is 2.30. The van der Waals surface area contributed by atoms with Crippen molar-refractivity contribution in [2.24, 2.45) is 0 Å². The number of hydrogen-bond acceptors (Lipinski definition) is 2. The van der Waals surface area contributed by atoms with Crippen molar-refractivity contribution in [2.45, 2.75) is 13.1 Å². The van der Waals surface area contributed by atoms with E-state index >= 15 is 0 Å². The molecule has 0 spiro atoms. The van der Waals surface area contributed by atoms with Gasteiger partial charge in [-0.3, -0.25) is 4.79 Å². The number of carbonyl (C=O) groups excluding carboxylic acids is 1. The molecule has 0 N–H and O–H groups in total. The lowest BCUT2D eigenvalue weighted by Gasteiger charge is -2.09. The monoisotopic (exact) mass is 230 g/mol. The van der Waals surface area contributed by atoms with Crippen LogP contribution < -0.4 is 0 Å². The smallest absolute Gasteiger partial charge is 0.416 e. The van der Waals surface area contributed by atoms with Crippen molar-refractivity contribution in [3.63, 3.8) is 0 Å². The number of alkyl halides is 3. The molecule has 0 aliphatic carbocycles. The molecule has 0 atom stereocenters. The van der Waals surface area contributed by atoms with Gasteiger partial charge in [-0.2, -0.15) is 13.2 Å². The van der Waals surface area contributed by atoms with Crippen molar-refractivity contribution in [1.82, 2.24) is 0 Å². The van der Waals surface area contributed by atoms with E-state index in [0.717, 1.165) is 19.1 Å². The molecule has 86 valence electrons. The van der Waals surface area contributed by atoms with E-state index in [1.165, 1.54) is 12.1 Å². The van der Waals surface area contributed by atoms with E-state index in [9.17, 15) is 18.0 Å². The van der Waals surface area contributed by atoms with Crippen LogP contribution in [-0.4, -0.2) is 5.97 Å². The van der Waals surface area contributed by atoms with Crippen molar-refractivity contribution in [2.75, 3.05) is 0 Å². The van der Waals surface area contributed by atoms with Crippen LogP contribution in [0.25, 0.3) is 5.76 Å². The molecular weight excluding hydrogens is 221 g/mol. The van der Waals surface area contributed by atoms with Crippen LogP contribution in [-0.2, 0) is 15.7 Å². The SMILES string of the molecule is C=C(OC(C)=O)c1cccc(C(F)(F)F)c1. The number of rotatable bonds is 2. The fraction of sp³-hybridized carbons (Fsp3) is 0.182. The predicted molar refractivity (Wildman–Crippen MR) is 52.2 cm³/mol. The molecule has 0 aromatic heterocycles. The van der Waals surface area contributed by atoms with Crippen LogP contribution in [0.3, 0.4) is 0 Å². The lowest BCUT2D eigenvalue weighted by Crippen LogP contribution is -2.05. The average Bonchev–Trinajstić information content (AvgIpc) is 2.15. The number of halogens is 3. The molecular formula is C11H9F3O2. The van der Waals surface area contributed by atoms with E-state index in [1.54, 1.807) is 0 Å². The first-order chi connectivity index (χ1) is 7.30. The Balaban J connectivity index is 2.99. The summed E-state index contributed by atoms with van der Waals surface area (Å²) in [6.45, 7) is 4.53. The molecule has 1 rings (SSSR count). The topological polar surface area (TPSA) is 26.3 Å². The van der Waals surface area contributed by atoms with Gasteiger partial charge in [-0.1, -0.05) is 18.7 Å². The average molecular weight is 230 g/mol. The van der Waals surface area contributed by atoms with Gasteiger partial charge in [0.15, 0.2) is 0 Å². The number of hydrogen-bond donors (Lipinski definition) is 0. The second kappa shape index (κ2) is 4.38. The summed E-state index contributed by atoms with van der Waals surface area (Å²) in [5.41, 5.74) is -0.677. The fourth-order valence-corrected chi connectivity index (χ4v) is 1.10. The minimum atomic E-state index is -4.42. The molecule has 0 aliphatic rings. The van der Waals surface area contributed by atoms with Crippen LogP contribution in [0.5, 0.6) is 0 Å². The normalized spacial score (nSPS) is 11.0. The molecule has 0 aliphatic heterocycles. The standard InChI is InChI=1S/C11H9F3O2/c1-7(16-8(2)15)9-4-3-5-10(6-9)11(12,13)14/h3-6H,1H2,2H3. The van der Waals surface area contributed by atoms with E-state index in [2.05, 4.69) is 11.3 Å². The second-order valence-electron chi connectivity index (χ2n) is 3.10. The van der Waals surface area contributed by atoms with E-state index < -0.39 is 17.7 Å². The minimum absolute atomic E-state index is 0.0985. The molecule has 0 bridgehead atoms. The minimum Gasteiger partial charge on any atom is -0.427 e. The number of ether oxygens (including phenoxy) is 1. The Morgan fingerprint density at radius 1 is 1.38 bits per heavy atom. The molecule has 0 radical (unpaired) electrons. The molecule has 0 unspecified atom stereocenters. The van der Waals surface area contributed by atoms with E-state index in [1.807, 2.05) is 0 Å². The number of benzene rings is 1. The largest absolute Gasteiger partial charge is 0.427 e. The van der Waals surface area contributed by atoms with Gasteiger partial charge in [0.1, 0.15) is 5.76 Å². The zero-order chi connectivity index (χ0) is 12.3. The highest BCUT2D eigenvalue weighted by Crippen LogP contribution is 2.30. The Morgan fingerprint density at radius 3 is 2.50 bits per heavy atom. The number of esters is 1. The number of carbonyl (C=O) groups is 1. The fourth-order valence-electron chi connectivity index (χ4n) is 1.10. The summed E-state index contributed by atoms with van der Waals surface area (Å²) in [4.78, 5) is 10.6. The third-order valence-electron chi connectivity index (χ3n) is 1.78. The third-order valence-corrected chi connectivity index (χ3v) is 1.78. The van der Waals surface area contributed by atoms with Gasteiger partial charge in [-0.05, 0) is 12.1 Å². The van der Waals surface area contributed by atoms with Gasteiger partial charge in [0.25, 0.3) is 0 Å². The summed E-state index contributed by atoms with van der Waals surface area (Å²) >= 11 is 0. The molecule has 5 heteroatoms. The summed E-state index contributed by atoms with van der Waals surface area (Å²) in [5, 5.41) is 0. The lowest BCUT2D eigenvalue weighted by atomic mass is 10.1. The molecule has 0 saturated heterocycles. The quantitative estimate of drug-likeness (QED) is 0.575. The van der Waals surface area contributed by atoms with Gasteiger partial charge in [0, 0.05) is 12.5 Å². The van der Waals surface area contributed by atoms with Crippen molar-refractivity contribution < 1.29 is 22.7 Å². The van der Waals surface area contributed by atoms with Gasteiger partial charge >= 0.3 is 12.1 Å². The van der Waals surface area contributed by atoms with E-state index in [-0.39, 0.29) is 11.3 Å². The molecule has 1 aromatic rings. The van der Waals surface area contributed by atoms with E-state index in [4.69, 9.17) is 0 Å². The first-order valence-electron chi connectivity index (χ1n) is 4.35. The molecule has 1 aromatic carbocycles. The van der Waals surface area contributed by atoms with Gasteiger partial charge in [-0.25, -0.2) is 0 Å². The maximum atomic E-state index is 12.4. The third kappa shape index (κ3) is 3.12. The Kier molecular flexibility index (Phi) is 3.37. The maximum Gasteiger partial charge on any atom is 0.416 e. The first kappa shape index (κ1) is 12.3. The van der Waals surface area contributed by atoms with Crippen LogP contribution in [0.1, 0.15) is 18.1 Å². The summed E-state index contributed by atoms with van der Waals surface area (Å²) in [5.74, 6) is -0.721. The summed E-state index contributed by atoms with van der Waals surface area (Å²) < 4.78 is 41.7. The zero-order valence-electron chi connectivity index (χ0n) is 8.47. The lowest BCUT2D eigenvalue weighted by molar-refractivity contribution is -0.137. The highest BCUT2D eigenvalue weighted by atomic mass is 19.4. The summed E-state index contributed by atoms with van der Waals surface area (Å²) in [6, 6.07) is 4.43. The van der Waals surface area contributed by atoms with Gasteiger partial charge in [0.2, 0.25) is 0 Å². The second-order valence-corrected chi connectivity index (χ2v) is 3.10. The van der Waals surface area contributed by atoms with Crippen LogP contribution in [0, 0.1) is 0 Å². The van der Waals surface area contributed by atoms with Crippen molar-refractivity contribution >= 4 is 11.7 Å². The van der Waals surface area contributed by atoms with Gasteiger partial charge in [-0.15, -0.1) is 0 Å². The van der Waals surface area contributed by atoms with E-state index in [0.29, 0.717) is 0 Å². The van der Waals surface area contributed by atoms with Gasteiger partial charge < -0.3 is 4.74 Å². The molecule has 0 amide bonds. The molecule has 0 fully saturated rings. The predicted octanol–water partition coefficient (Wildman–Crippen LogP) is 3.24. The van der Waals surface area contributed by atoms with Crippen molar-refractivity contribution in [1.29, 1.82) is 0 Å². The van der Waals surface area contributed by atoms with Gasteiger partial charge in [0.05, 0.1) is 5.56 Å². The highest BCUT2D eigenvalue weighted by molar-refractivity contribution is 5.75. The summed E-state index contributed by atoms with van der Waals surface area (Å²) in [7, 11) is 0. The van der Waals surface area contributed by atoms with Crippen LogP contribution in [0.4, 0.5) is 13.2 Å². The molecule has 0 saturated carbocycles. The van der Waals surface area contributed by atoms with Crippen LogP contribution in [0.15, 0.2) is 30.8 Å². The zero-order valence-corrected chi connectivity index (χ0v) is 8.47. The van der Waals surface area contributed by atoms with Crippen LogP contribution >= 0.6 is 0 Å². The Hall–Kier alpha value is -1.78. The Bertz CT molecular complexity index is 421. The summed E-state index contributed by atoms with van der Waals surface area (Å²) in [6.07, 6.45) is -4.42. The maximum absolute atomic E-state index is 12.4. The first-order valence-corrected chi connectivity index (χ1v) is 4.35. The molecule has 16 heavy (non-hydrogen) atoms.